The first-order valence-electron chi connectivity index (χ1n) is 13.0. The molecule has 216 valence electrons. The lowest BCUT2D eigenvalue weighted by atomic mass is 10.2. The van der Waals surface area contributed by atoms with Crippen molar-refractivity contribution >= 4 is 30.1 Å². The number of aryl methyl sites for hydroxylation is 3. The number of sulfonamides is 3. The van der Waals surface area contributed by atoms with Gasteiger partial charge in [0.15, 0.2) is 0 Å². The molecule has 1 heterocycles. The van der Waals surface area contributed by atoms with Gasteiger partial charge in [0.25, 0.3) is 0 Å². The van der Waals surface area contributed by atoms with E-state index in [-0.39, 0.29) is 60.4 Å². The van der Waals surface area contributed by atoms with Crippen molar-refractivity contribution in [2.75, 3.05) is 39.3 Å². The minimum Gasteiger partial charge on any atom is -0.207 e. The van der Waals surface area contributed by atoms with Crippen molar-refractivity contribution in [1.29, 1.82) is 0 Å². The van der Waals surface area contributed by atoms with Gasteiger partial charge >= 0.3 is 0 Å². The molecule has 0 aliphatic carbocycles. The first-order chi connectivity index (χ1) is 18.8. The summed E-state index contributed by atoms with van der Waals surface area (Å²) < 4.78 is 85.4. The van der Waals surface area contributed by atoms with Gasteiger partial charge in [0.2, 0.25) is 30.1 Å². The summed E-state index contributed by atoms with van der Waals surface area (Å²) >= 11 is 0. The summed E-state index contributed by atoms with van der Waals surface area (Å²) in [7, 11) is -11.9. The SMILES string of the molecule is Cc1ccc(S(=O)(=O)N2CCCN(S(=O)(=O)c3ccc(C)cc3)CCN(S(=O)(=O)c3ccc(C)cc3)CC2)cc1. The molecule has 9 nitrogen and oxygen atoms in total. The minimum atomic E-state index is -4.03. The van der Waals surface area contributed by atoms with Crippen molar-refractivity contribution in [3.05, 3.63) is 89.5 Å². The maximum atomic E-state index is 13.7. The third kappa shape index (κ3) is 6.64. The lowest BCUT2D eigenvalue weighted by Gasteiger charge is -2.32. The molecule has 0 saturated carbocycles. The number of rotatable bonds is 6. The molecule has 0 spiro atoms. The number of hydrogen-bond donors (Lipinski definition) is 0. The number of nitrogens with zero attached hydrogens (tertiary/aromatic N) is 3. The molecule has 3 aromatic carbocycles. The molecule has 0 N–H and O–H groups in total. The highest BCUT2D eigenvalue weighted by atomic mass is 32.2. The largest absolute Gasteiger partial charge is 0.243 e. The molecular formula is C28H35N3O6S3. The van der Waals surface area contributed by atoms with Crippen LogP contribution in [0.5, 0.6) is 0 Å². The summed E-state index contributed by atoms with van der Waals surface area (Å²) in [4.78, 5) is 0.274. The summed E-state index contributed by atoms with van der Waals surface area (Å²) in [6, 6.07) is 19.3. The van der Waals surface area contributed by atoms with E-state index in [0.29, 0.717) is 0 Å². The summed E-state index contributed by atoms with van der Waals surface area (Å²) in [5.41, 5.74) is 2.71. The average molecular weight is 606 g/mol. The zero-order valence-electron chi connectivity index (χ0n) is 22.9. The fourth-order valence-electron chi connectivity index (χ4n) is 4.50. The Morgan fingerprint density at radius 1 is 0.400 bits per heavy atom. The van der Waals surface area contributed by atoms with Crippen LogP contribution in [-0.2, 0) is 30.1 Å². The van der Waals surface area contributed by atoms with Gasteiger partial charge < -0.3 is 0 Å². The standard InChI is InChI=1S/C28H35N3O6S3/c1-23-5-11-26(12-6-23)38(32,33)29-17-4-18-30(39(34,35)27-13-7-24(2)8-14-27)20-22-31(21-19-29)40(36,37)28-15-9-25(3)10-16-28/h5-16H,4,17-22H2,1-3H3. The van der Waals surface area contributed by atoms with Gasteiger partial charge in [-0.25, -0.2) is 25.3 Å². The second-order valence-corrected chi connectivity index (χ2v) is 15.8. The maximum absolute atomic E-state index is 13.7. The zero-order valence-corrected chi connectivity index (χ0v) is 25.3. The molecule has 0 unspecified atom stereocenters. The Labute approximate surface area is 238 Å². The quantitative estimate of drug-likeness (QED) is 0.426. The number of hydrogen-bond acceptors (Lipinski definition) is 6. The van der Waals surface area contributed by atoms with Gasteiger partial charge in [-0.15, -0.1) is 0 Å². The van der Waals surface area contributed by atoms with Crippen LogP contribution in [0.3, 0.4) is 0 Å². The van der Waals surface area contributed by atoms with Crippen LogP contribution in [0.15, 0.2) is 87.5 Å². The van der Waals surface area contributed by atoms with Gasteiger partial charge in [0.05, 0.1) is 14.7 Å². The molecule has 1 aliphatic rings. The van der Waals surface area contributed by atoms with E-state index in [1.165, 1.54) is 49.3 Å². The van der Waals surface area contributed by atoms with Crippen LogP contribution < -0.4 is 0 Å². The summed E-state index contributed by atoms with van der Waals surface area (Å²) in [6.45, 7) is 5.26. The molecule has 0 atom stereocenters. The van der Waals surface area contributed by atoms with Crippen LogP contribution in [-0.4, -0.2) is 77.4 Å². The van der Waals surface area contributed by atoms with E-state index < -0.39 is 30.1 Å². The maximum Gasteiger partial charge on any atom is 0.243 e. The monoisotopic (exact) mass is 605 g/mol. The normalized spacial score (nSPS) is 17.5. The van der Waals surface area contributed by atoms with E-state index in [0.717, 1.165) is 16.7 Å². The van der Waals surface area contributed by atoms with Crippen molar-refractivity contribution in [2.45, 2.75) is 41.9 Å². The lowest BCUT2D eigenvalue weighted by Crippen LogP contribution is -2.47. The van der Waals surface area contributed by atoms with E-state index in [2.05, 4.69) is 0 Å². The van der Waals surface area contributed by atoms with E-state index in [1.807, 2.05) is 20.8 Å². The van der Waals surface area contributed by atoms with Gasteiger partial charge in [-0.05, 0) is 63.6 Å². The Balaban J connectivity index is 1.71. The third-order valence-corrected chi connectivity index (χ3v) is 12.7. The average Bonchev–Trinajstić information content (AvgIpc) is 2.91. The van der Waals surface area contributed by atoms with Gasteiger partial charge in [-0.1, -0.05) is 53.1 Å². The first kappa shape index (κ1) is 30.4. The molecule has 12 heteroatoms. The van der Waals surface area contributed by atoms with Crippen molar-refractivity contribution in [2.24, 2.45) is 0 Å². The topological polar surface area (TPSA) is 112 Å². The second-order valence-electron chi connectivity index (χ2n) is 10.0. The molecule has 40 heavy (non-hydrogen) atoms. The van der Waals surface area contributed by atoms with E-state index in [4.69, 9.17) is 0 Å². The van der Waals surface area contributed by atoms with Gasteiger partial charge in [-0.2, -0.15) is 12.9 Å². The minimum absolute atomic E-state index is 0.0363. The number of benzene rings is 3. The Morgan fingerprint density at radius 3 is 0.875 bits per heavy atom. The van der Waals surface area contributed by atoms with Gasteiger partial charge in [0, 0.05) is 39.3 Å². The molecule has 1 fully saturated rings. The summed E-state index contributed by atoms with van der Waals surface area (Å²) in [6.07, 6.45) is 0.251. The second kappa shape index (κ2) is 12.1. The Kier molecular flexibility index (Phi) is 9.18. The van der Waals surface area contributed by atoms with Crippen molar-refractivity contribution in [3.63, 3.8) is 0 Å². The van der Waals surface area contributed by atoms with Crippen LogP contribution in [0.2, 0.25) is 0 Å². The van der Waals surface area contributed by atoms with E-state index >= 15 is 0 Å². The molecular weight excluding hydrogens is 571 g/mol. The fourth-order valence-corrected chi connectivity index (χ4v) is 8.87. The highest BCUT2D eigenvalue weighted by Crippen LogP contribution is 2.23. The van der Waals surface area contributed by atoms with E-state index in [9.17, 15) is 25.3 Å². The third-order valence-electron chi connectivity index (χ3n) is 6.99. The molecule has 1 aliphatic heterocycles. The molecule has 1 saturated heterocycles. The fraction of sp³-hybridized carbons (Fsp3) is 0.357. The van der Waals surface area contributed by atoms with Crippen molar-refractivity contribution in [1.82, 2.24) is 12.9 Å². The Hall–Kier alpha value is -2.61. The predicted molar refractivity (Wildman–Crippen MR) is 154 cm³/mol. The van der Waals surface area contributed by atoms with Crippen LogP contribution in [0.4, 0.5) is 0 Å². The van der Waals surface area contributed by atoms with Gasteiger partial charge in [-0.3, -0.25) is 0 Å². The lowest BCUT2D eigenvalue weighted by molar-refractivity contribution is 0.285. The molecule has 4 rings (SSSR count). The summed E-state index contributed by atoms with van der Waals surface area (Å²) in [5.74, 6) is 0. The molecule has 0 amide bonds. The van der Waals surface area contributed by atoms with Crippen LogP contribution >= 0.6 is 0 Å². The van der Waals surface area contributed by atoms with E-state index in [1.54, 1.807) is 36.4 Å². The molecule has 0 radical (unpaired) electrons. The van der Waals surface area contributed by atoms with Crippen molar-refractivity contribution in [3.8, 4) is 0 Å². The van der Waals surface area contributed by atoms with Gasteiger partial charge in [0.1, 0.15) is 0 Å². The van der Waals surface area contributed by atoms with Crippen LogP contribution in [0, 0.1) is 20.8 Å². The predicted octanol–water partition coefficient (Wildman–Crippen LogP) is 3.39. The molecule has 0 bridgehead atoms. The highest BCUT2D eigenvalue weighted by Gasteiger charge is 2.33. The zero-order chi connectivity index (χ0) is 29.1. The smallest absolute Gasteiger partial charge is 0.207 e. The molecule has 3 aromatic rings. The Bertz CT molecular complexity index is 1550. The van der Waals surface area contributed by atoms with Crippen molar-refractivity contribution < 1.29 is 25.3 Å². The Morgan fingerprint density at radius 2 is 0.625 bits per heavy atom. The highest BCUT2D eigenvalue weighted by molar-refractivity contribution is 7.89. The molecule has 0 aromatic heterocycles. The van der Waals surface area contributed by atoms with Crippen LogP contribution in [0.25, 0.3) is 0 Å². The van der Waals surface area contributed by atoms with Crippen LogP contribution in [0.1, 0.15) is 23.1 Å². The first-order valence-corrected chi connectivity index (χ1v) is 17.3. The summed E-state index contributed by atoms with van der Waals surface area (Å²) in [5, 5.41) is 0.